The highest BCUT2D eigenvalue weighted by Gasteiger charge is 2.27. The first-order valence-electron chi connectivity index (χ1n) is 10.4. The van der Waals surface area contributed by atoms with E-state index in [2.05, 4.69) is 9.80 Å². The van der Waals surface area contributed by atoms with Crippen molar-refractivity contribution in [3.05, 3.63) is 59.8 Å². The van der Waals surface area contributed by atoms with E-state index in [1.54, 1.807) is 23.1 Å². The summed E-state index contributed by atoms with van der Waals surface area (Å²) in [5.74, 6) is 0.191. The predicted octanol–water partition coefficient (Wildman–Crippen LogP) is 1.52. The summed E-state index contributed by atoms with van der Waals surface area (Å²) in [6.45, 7) is 6.26. The fourth-order valence-corrected chi connectivity index (χ4v) is 3.98. The number of amides is 2. The van der Waals surface area contributed by atoms with Gasteiger partial charge in [0.25, 0.3) is 5.91 Å². The lowest BCUT2D eigenvalue weighted by molar-refractivity contribution is -0.134. The molecule has 0 bridgehead atoms. The number of furan rings is 1. The van der Waals surface area contributed by atoms with Crippen LogP contribution < -0.4 is 0 Å². The highest BCUT2D eigenvalue weighted by molar-refractivity contribution is 5.91. The first-order chi connectivity index (χ1) is 14.6. The number of hydrogen-bond donors (Lipinski definition) is 0. The van der Waals surface area contributed by atoms with Crippen LogP contribution in [0, 0.1) is 5.82 Å². The number of halogens is 1. The number of rotatable bonds is 5. The summed E-state index contributed by atoms with van der Waals surface area (Å²) < 4.78 is 19.0. The van der Waals surface area contributed by atoms with E-state index in [0.29, 0.717) is 63.7 Å². The molecule has 0 N–H and O–H groups in total. The second-order valence-electron chi connectivity index (χ2n) is 7.79. The third-order valence-corrected chi connectivity index (χ3v) is 5.83. The van der Waals surface area contributed by atoms with Crippen molar-refractivity contribution < 1.29 is 18.4 Å². The molecule has 2 aromatic rings. The Bertz CT molecular complexity index is 857. The van der Waals surface area contributed by atoms with Crippen LogP contribution >= 0.6 is 0 Å². The summed E-state index contributed by atoms with van der Waals surface area (Å²) in [5, 5.41) is 0. The first-order valence-corrected chi connectivity index (χ1v) is 10.4. The van der Waals surface area contributed by atoms with Gasteiger partial charge < -0.3 is 14.2 Å². The molecular formula is C22H27FN4O3. The molecule has 0 unspecified atom stereocenters. The molecule has 3 heterocycles. The summed E-state index contributed by atoms with van der Waals surface area (Å²) in [5.41, 5.74) is 0.694. The highest BCUT2D eigenvalue weighted by atomic mass is 19.1. The van der Waals surface area contributed by atoms with Crippen LogP contribution in [0.15, 0.2) is 47.1 Å². The number of carbonyl (C=O) groups is 2. The van der Waals surface area contributed by atoms with E-state index >= 15 is 0 Å². The van der Waals surface area contributed by atoms with E-state index in [-0.39, 0.29) is 17.6 Å². The van der Waals surface area contributed by atoms with E-state index in [0.717, 1.165) is 13.1 Å². The Kier molecular flexibility index (Phi) is 6.44. The molecule has 2 aliphatic heterocycles. The van der Waals surface area contributed by atoms with Crippen LogP contribution in [0.4, 0.5) is 4.39 Å². The van der Waals surface area contributed by atoms with Gasteiger partial charge in [-0.15, -0.1) is 0 Å². The Balaban J connectivity index is 1.19. The molecule has 2 aliphatic rings. The van der Waals surface area contributed by atoms with Crippen molar-refractivity contribution >= 4 is 11.8 Å². The number of benzene rings is 1. The third-order valence-electron chi connectivity index (χ3n) is 5.83. The minimum absolute atomic E-state index is 0.100. The summed E-state index contributed by atoms with van der Waals surface area (Å²) >= 11 is 0. The Morgan fingerprint density at radius 3 is 2.17 bits per heavy atom. The van der Waals surface area contributed by atoms with Gasteiger partial charge in [-0.3, -0.25) is 19.4 Å². The van der Waals surface area contributed by atoms with Gasteiger partial charge in [0.05, 0.1) is 12.8 Å². The van der Waals surface area contributed by atoms with Gasteiger partial charge in [0.1, 0.15) is 5.82 Å². The fraction of sp³-hybridized carbons (Fsp3) is 0.455. The molecule has 0 radical (unpaired) electrons. The monoisotopic (exact) mass is 414 g/mol. The second kappa shape index (κ2) is 9.40. The molecule has 0 atom stereocenters. The van der Waals surface area contributed by atoms with Gasteiger partial charge >= 0.3 is 0 Å². The van der Waals surface area contributed by atoms with Gasteiger partial charge in [0, 0.05) is 64.5 Å². The van der Waals surface area contributed by atoms with E-state index in [1.165, 1.54) is 12.3 Å². The molecule has 7 nitrogen and oxygen atoms in total. The molecule has 4 rings (SSSR count). The van der Waals surface area contributed by atoms with Gasteiger partial charge in [-0.2, -0.15) is 0 Å². The van der Waals surface area contributed by atoms with Crippen molar-refractivity contribution in [1.82, 2.24) is 19.6 Å². The van der Waals surface area contributed by atoms with Gasteiger partial charge in [-0.25, -0.2) is 4.39 Å². The largest absolute Gasteiger partial charge is 0.459 e. The number of carbonyl (C=O) groups excluding carboxylic acids is 2. The molecule has 2 fully saturated rings. The van der Waals surface area contributed by atoms with E-state index < -0.39 is 0 Å². The van der Waals surface area contributed by atoms with Crippen molar-refractivity contribution in [1.29, 1.82) is 0 Å². The van der Waals surface area contributed by atoms with Crippen molar-refractivity contribution in [2.75, 3.05) is 58.9 Å². The van der Waals surface area contributed by atoms with Gasteiger partial charge in [0.15, 0.2) is 5.76 Å². The zero-order chi connectivity index (χ0) is 20.9. The molecule has 1 aromatic carbocycles. The summed E-state index contributed by atoms with van der Waals surface area (Å²) in [6, 6.07) is 10.2. The summed E-state index contributed by atoms with van der Waals surface area (Å²) in [4.78, 5) is 33.0. The SMILES string of the molecule is O=C(CN1CCN(C(=O)c2ccco2)CC1)N1CCN(Cc2ccccc2F)CC1. The van der Waals surface area contributed by atoms with Crippen molar-refractivity contribution in [3.63, 3.8) is 0 Å². The Labute approximate surface area is 175 Å². The molecule has 0 aliphatic carbocycles. The third kappa shape index (κ3) is 4.88. The average Bonchev–Trinajstić information content (AvgIpc) is 3.31. The first kappa shape index (κ1) is 20.6. The highest BCUT2D eigenvalue weighted by Crippen LogP contribution is 2.13. The zero-order valence-electron chi connectivity index (χ0n) is 17.0. The van der Waals surface area contributed by atoms with E-state index in [4.69, 9.17) is 4.42 Å². The van der Waals surface area contributed by atoms with Crippen LogP contribution in [0.3, 0.4) is 0 Å². The van der Waals surface area contributed by atoms with Crippen molar-refractivity contribution in [2.24, 2.45) is 0 Å². The Morgan fingerprint density at radius 1 is 0.833 bits per heavy atom. The van der Waals surface area contributed by atoms with Crippen LogP contribution in [0.5, 0.6) is 0 Å². The predicted molar refractivity (Wildman–Crippen MR) is 109 cm³/mol. The smallest absolute Gasteiger partial charge is 0.289 e. The normalized spacial score (nSPS) is 18.6. The van der Waals surface area contributed by atoms with Crippen LogP contribution in [0.2, 0.25) is 0 Å². The number of piperazine rings is 2. The molecule has 0 spiro atoms. The average molecular weight is 414 g/mol. The Morgan fingerprint density at radius 2 is 1.50 bits per heavy atom. The lowest BCUT2D eigenvalue weighted by Crippen LogP contribution is -2.54. The van der Waals surface area contributed by atoms with Crippen LogP contribution in [-0.4, -0.2) is 90.3 Å². The minimum atomic E-state index is -0.180. The van der Waals surface area contributed by atoms with Gasteiger partial charge in [-0.05, 0) is 18.2 Å². The summed E-state index contributed by atoms with van der Waals surface area (Å²) in [6.07, 6.45) is 1.50. The lowest BCUT2D eigenvalue weighted by atomic mass is 10.2. The maximum Gasteiger partial charge on any atom is 0.289 e. The van der Waals surface area contributed by atoms with Crippen LogP contribution in [0.25, 0.3) is 0 Å². The number of hydrogen-bond acceptors (Lipinski definition) is 5. The van der Waals surface area contributed by atoms with Gasteiger partial charge in [0.2, 0.25) is 5.91 Å². The maximum absolute atomic E-state index is 13.8. The van der Waals surface area contributed by atoms with Crippen molar-refractivity contribution in [2.45, 2.75) is 6.54 Å². The molecule has 30 heavy (non-hydrogen) atoms. The summed E-state index contributed by atoms with van der Waals surface area (Å²) in [7, 11) is 0. The molecule has 160 valence electrons. The molecule has 2 saturated heterocycles. The minimum Gasteiger partial charge on any atom is -0.459 e. The topological polar surface area (TPSA) is 60.2 Å². The van der Waals surface area contributed by atoms with E-state index in [1.807, 2.05) is 17.0 Å². The molecule has 1 aromatic heterocycles. The maximum atomic E-state index is 13.8. The van der Waals surface area contributed by atoms with Crippen molar-refractivity contribution in [3.8, 4) is 0 Å². The quantitative estimate of drug-likeness (QED) is 0.743. The van der Waals surface area contributed by atoms with E-state index in [9.17, 15) is 14.0 Å². The Hall–Kier alpha value is -2.71. The van der Waals surface area contributed by atoms with Gasteiger partial charge in [-0.1, -0.05) is 18.2 Å². The fourth-order valence-electron chi connectivity index (χ4n) is 3.98. The molecule has 8 heteroatoms. The standard InChI is InChI=1S/C22H27FN4O3/c23-19-5-2-1-4-18(19)16-24-7-11-26(12-8-24)21(28)17-25-9-13-27(14-10-25)22(29)20-6-3-15-30-20/h1-6,15H,7-14,16-17H2. The van der Waals surface area contributed by atoms with Crippen LogP contribution in [-0.2, 0) is 11.3 Å². The number of nitrogens with zero attached hydrogens (tertiary/aromatic N) is 4. The molecule has 2 amide bonds. The molecular weight excluding hydrogens is 387 g/mol. The molecule has 0 saturated carbocycles. The lowest BCUT2D eigenvalue weighted by Gasteiger charge is -2.38. The van der Waals surface area contributed by atoms with Crippen LogP contribution in [0.1, 0.15) is 16.1 Å². The zero-order valence-corrected chi connectivity index (χ0v) is 17.0. The second-order valence-corrected chi connectivity index (χ2v) is 7.79.